The molecule has 2 N–H and O–H groups in total. The number of aryl methyl sites for hydroxylation is 1. The van der Waals surface area contributed by atoms with E-state index in [9.17, 15) is 0 Å². The van der Waals surface area contributed by atoms with E-state index in [4.69, 9.17) is 11.6 Å². The predicted octanol–water partition coefficient (Wildman–Crippen LogP) is 6.55. The molecule has 0 unspecified atom stereocenters. The Kier molecular flexibility index (Phi) is 8.68. The zero-order valence-corrected chi connectivity index (χ0v) is 19.2. The van der Waals surface area contributed by atoms with Crippen molar-refractivity contribution in [1.29, 1.82) is 0 Å². The summed E-state index contributed by atoms with van der Waals surface area (Å²) < 4.78 is 3.15. The molecule has 2 heterocycles. The van der Waals surface area contributed by atoms with Gasteiger partial charge in [-0.3, -0.25) is 4.90 Å². The first kappa shape index (κ1) is 22.0. The van der Waals surface area contributed by atoms with Crippen molar-refractivity contribution >= 4 is 45.7 Å². The highest BCUT2D eigenvalue weighted by Crippen LogP contribution is 2.29. The average molecular weight is 447 g/mol. The SMILES string of the molecule is CNc1ccc(SNc2nccs2)cc1Cl.Cc1cccc(CN2CCCC2)c1. The Morgan fingerprint density at radius 1 is 1.17 bits per heavy atom. The summed E-state index contributed by atoms with van der Waals surface area (Å²) in [5.41, 5.74) is 3.76. The maximum Gasteiger partial charge on any atom is 0.192 e. The molecule has 29 heavy (non-hydrogen) atoms. The summed E-state index contributed by atoms with van der Waals surface area (Å²) in [6, 6.07) is 14.7. The molecule has 2 aromatic carbocycles. The van der Waals surface area contributed by atoms with E-state index in [1.807, 2.05) is 30.6 Å². The lowest BCUT2D eigenvalue weighted by Crippen LogP contribution is -2.18. The van der Waals surface area contributed by atoms with Crippen LogP contribution in [0, 0.1) is 6.92 Å². The molecule has 154 valence electrons. The van der Waals surface area contributed by atoms with E-state index in [-0.39, 0.29) is 0 Å². The highest BCUT2D eigenvalue weighted by Gasteiger charge is 2.11. The Balaban J connectivity index is 0.000000169. The number of anilines is 2. The average Bonchev–Trinajstić information content (AvgIpc) is 3.41. The lowest BCUT2D eigenvalue weighted by molar-refractivity contribution is 0.331. The van der Waals surface area contributed by atoms with Crippen molar-refractivity contribution in [2.45, 2.75) is 31.2 Å². The second-order valence-electron chi connectivity index (χ2n) is 6.91. The summed E-state index contributed by atoms with van der Waals surface area (Å²) in [4.78, 5) is 7.72. The third-order valence-corrected chi connectivity index (χ3v) is 6.50. The minimum absolute atomic E-state index is 0.716. The van der Waals surface area contributed by atoms with Gasteiger partial charge >= 0.3 is 0 Å². The third-order valence-electron chi connectivity index (χ3n) is 4.59. The van der Waals surface area contributed by atoms with E-state index < -0.39 is 0 Å². The molecule has 1 fully saturated rings. The van der Waals surface area contributed by atoms with Crippen LogP contribution in [0.1, 0.15) is 24.0 Å². The second-order valence-corrected chi connectivity index (χ2v) is 9.09. The van der Waals surface area contributed by atoms with Gasteiger partial charge in [0.1, 0.15) is 0 Å². The third kappa shape index (κ3) is 7.23. The van der Waals surface area contributed by atoms with Gasteiger partial charge in [-0.2, -0.15) is 0 Å². The lowest BCUT2D eigenvalue weighted by atomic mass is 10.1. The molecule has 0 spiro atoms. The second kappa shape index (κ2) is 11.5. The molecule has 1 saturated heterocycles. The molecular formula is C22H27ClN4S2. The Labute approximate surface area is 186 Å². The molecule has 0 amide bonds. The Morgan fingerprint density at radius 2 is 2.00 bits per heavy atom. The van der Waals surface area contributed by atoms with Crippen LogP contribution in [0.4, 0.5) is 10.8 Å². The fourth-order valence-corrected chi connectivity index (χ4v) is 4.75. The van der Waals surface area contributed by atoms with Gasteiger partial charge in [-0.1, -0.05) is 41.4 Å². The molecule has 0 atom stereocenters. The smallest absolute Gasteiger partial charge is 0.192 e. The van der Waals surface area contributed by atoms with Gasteiger partial charge in [-0.05, 0) is 68.6 Å². The molecular weight excluding hydrogens is 420 g/mol. The van der Waals surface area contributed by atoms with Gasteiger partial charge in [0.25, 0.3) is 0 Å². The van der Waals surface area contributed by atoms with E-state index in [2.05, 4.69) is 51.1 Å². The molecule has 4 rings (SSSR count). The van der Waals surface area contributed by atoms with Crippen molar-refractivity contribution in [3.8, 4) is 0 Å². The molecule has 7 heteroatoms. The van der Waals surface area contributed by atoms with Crippen LogP contribution >= 0.6 is 34.9 Å². The van der Waals surface area contributed by atoms with Crippen LogP contribution in [0.15, 0.2) is 58.9 Å². The van der Waals surface area contributed by atoms with Gasteiger partial charge in [0.15, 0.2) is 5.13 Å². The highest BCUT2D eigenvalue weighted by atomic mass is 35.5. The summed E-state index contributed by atoms with van der Waals surface area (Å²) in [7, 11) is 1.85. The van der Waals surface area contributed by atoms with E-state index in [0.29, 0.717) is 5.02 Å². The van der Waals surface area contributed by atoms with Gasteiger partial charge in [-0.15, -0.1) is 11.3 Å². The number of halogens is 1. The van der Waals surface area contributed by atoms with Crippen molar-refractivity contribution in [1.82, 2.24) is 9.88 Å². The fraction of sp³-hybridized carbons (Fsp3) is 0.318. The van der Waals surface area contributed by atoms with Crippen LogP contribution in [0.5, 0.6) is 0 Å². The maximum absolute atomic E-state index is 6.07. The molecule has 4 nitrogen and oxygen atoms in total. The molecule has 1 aliphatic heterocycles. The standard InChI is InChI=1S/C12H17N.C10H10ClN3S2/c1-11-5-4-6-12(9-11)10-13-7-2-3-8-13;1-12-9-3-2-7(6-8(9)11)16-14-10-13-4-5-15-10/h4-6,9H,2-3,7-8,10H2,1H3;2-6,12H,1H3,(H,13,14). The zero-order valence-electron chi connectivity index (χ0n) is 16.8. The van der Waals surface area contributed by atoms with Crippen LogP contribution in [0.3, 0.4) is 0 Å². The van der Waals surface area contributed by atoms with Crippen LogP contribution < -0.4 is 10.0 Å². The predicted molar refractivity (Wildman–Crippen MR) is 128 cm³/mol. The van der Waals surface area contributed by atoms with Crippen molar-refractivity contribution in [3.05, 3.63) is 70.2 Å². The van der Waals surface area contributed by atoms with Crippen molar-refractivity contribution in [3.63, 3.8) is 0 Å². The molecule has 3 aromatic rings. The monoisotopic (exact) mass is 446 g/mol. The largest absolute Gasteiger partial charge is 0.387 e. The van der Waals surface area contributed by atoms with Gasteiger partial charge in [0, 0.05) is 30.1 Å². The normalized spacial score (nSPS) is 13.6. The molecule has 1 aliphatic rings. The van der Waals surface area contributed by atoms with Gasteiger partial charge < -0.3 is 10.0 Å². The van der Waals surface area contributed by atoms with Crippen LogP contribution in [0.2, 0.25) is 5.02 Å². The van der Waals surface area contributed by atoms with Crippen molar-refractivity contribution in [2.75, 3.05) is 30.2 Å². The maximum atomic E-state index is 6.07. The Bertz CT molecular complexity index is 880. The van der Waals surface area contributed by atoms with E-state index in [0.717, 1.165) is 22.3 Å². The fourth-order valence-electron chi connectivity index (χ4n) is 3.15. The summed E-state index contributed by atoms with van der Waals surface area (Å²) in [5, 5.41) is 6.55. The molecule has 0 saturated carbocycles. The van der Waals surface area contributed by atoms with Crippen molar-refractivity contribution < 1.29 is 0 Å². The molecule has 1 aromatic heterocycles. The number of hydrogen-bond acceptors (Lipinski definition) is 6. The summed E-state index contributed by atoms with van der Waals surface area (Å²) >= 11 is 9.14. The summed E-state index contributed by atoms with van der Waals surface area (Å²) in [6.07, 6.45) is 4.53. The summed E-state index contributed by atoms with van der Waals surface area (Å²) in [6.45, 7) is 5.87. The van der Waals surface area contributed by atoms with E-state index in [1.54, 1.807) is 17.5 Å². The first-order valence-corrected chi connectivity index (χ1v) is 11.8. The van der Waals surface area contributed by atoms with Crippen LogP contribution in [-0.4, -0.2) is 30.0 Å². The number of aromatic nitrogens is 1. The first-order valence-electron chi connectivity index (χ1n) is 9.71. The number of benzene rings is 2. The van der Waals surface area contributed by atoms with Gasteiger partial charge in [0.2, 0.25) is 0 Å². The minimum Gasteiger partial charge on any atom is -0.387 e. The number of nitrogens with one attached hydrogen (secondary N) is 2. The Morgan fingerprint density at radius 3 is 2.66 bits per heavy atom. The molecule has 0 radical (unpaired) electrons. The first-order chi connectivity index (χ1) is 14.1. The highest BCUT2D eigenvalue weighted by molar-refractivity contribution is 8.00. The number of hydrogen-bond donors (Lipinski definition) is 2. The van der Waals surface area contributed by atoms with Crippen LogP contribution in [-0.2, 0) is 6.54 Å². The van der Waals surface area contributed by atoms with E-state index >= 15 is 0 Å². The van der Waals surface area contributed by atoms with Crippen LogP contribution in [0.25, 0.3) is 0 Å². The topological polar surface area (TPSA) is 40.2 Å². The number of thiazole rings is 1. The minimum atomic E-state index is 0.716. The Hall–Kier alpha value is -1.73. The quantitative estimate of drug-likeness (QED) is 0.420. The lowest BCUT2D eigenvalue weighted by Gasteiger charge is -2.14. The van der Waals surface area contributed by atoms with Gasteiger partial charge in [-0.25, -0.2) is 4.98 Å². The number of nitrogens with zero attached hydrogens (tertiary/aromatic N) is 2. The number of rotatable bonds is 6. The number of likely N-dealkylation sites (tertiary alicyclic amines) is 1. The van der Waals surface area contributed by atoms with Gasteiger partial charge in [0.05, 0.1) is 10.7 Å². The van der Waals surface area contributed by atoms with Crippen molar-refractivity contribution in [2.24, 2.45) is 0 Å². The van der Waals surface area contributed by atoms with E-state index in [1.165, 1.54) is 49.0 Å². The summed E-state index contributed by atoms with van der Waals surface area (Å²) in [5.74, 6) is 0. The zero-order chi connectivity index (χ0) is 20.5. The molecule has 0 aliphatic carbocycles. The molecule has 0 bridgehead atoms.